The second-order valence-electron chi connectivity index (χ2n) is 7.37. The van der Waals surface area contributed by atoms with Gasteiger partial charge >= 0.3 is 0 Å². The number of aromatic nitrogens is 1. The fraction of sp³-hybridized carbons (Fsp3) is 0.318. The van der Waals surface area contributed by atoms with E-state index in [0.717, 1.165) is 31.9 Å². The molecular formula is C22H22ClN3O3. The molecule has 0 bridgehead atoms. The van der Waals surface area contributed by atoms with Crippen molar-refractivity contribution in [3.8, 4) is 5.75 Å². The van der Waals surface area contributed by atoms with Crippen LogP contribution >= 0.6 is 11.6 Å². The quantitative estimate of drug-likeness (QED) is 0.773. The molecule has 4 rings (SSSR count). The predicted molar refractivity (Wildman–Crippen MR) is 113 cm³/mol. The Morgan fingerprint density at radius 3 is 2.38 bits per heavy atom. The number of allylic oxidation sites excluding steroid dienone is 2. The Hall–Kier alpha value is -2.70. The van der Waals surface area contributed by atoms with Gasteiger partial charge in [0.1, 0.15) is 16.5 Å². The Balaban J connectivity index is 1.76. The summed E-state index contributed by atoms with van der Waals surface area (Å²) in [5.74, 6) is -0.243. The second-order valence-corrected chi connectivity index (χ2v) is 7.75. The molecule has 1 fully saturated rings. The average Bonchev–Trinajstić information content (AvgIpc) is 2.73. The first kappa shape index (κ1) is 19.6. The van der Waals surface area contributed by atoms with Crippen LogP contribution < -0.4 is 9.64 Å². The average molecular weight is 412 g/mol. The van der Waals surface area contributed by atoms with Gasteiger partial charge < -0.3 is 14.5 Å². The summed E-state index contributed by atoms with van der Waals surface area (Å²) in [6.07, 6.45) is 0. The fourth-order valence-corrected chi connectivity index (χ4v) is 4.03. The van der Waals surface area contributed by atoms with Crippen LogP contribution in [-0.4, -0.2) is 61.8 Å². The number of anilines is 1. The number of methoxy groups -OCH3 is 1. The van der Waals surface area contributed by atoms with Crippen molar-refractivity contribution in [3.63, 3.8) is 0 Å². The minimum absolute atomic E-state index is 0.108. The fourth-order valence-electron chi connectivity index (χ4n) is 3.75. The van der Waals surface area contributed by atoms with Gasteiger partial charge in [0.2, 0.25) is 5.78 Å². The normalized spacial score (nSPS) is 17.6. The minimum Gasteiger partial charge on any atom is -0.496 e. The van der Waals surface area contributed by atoms with E-state index >= 15 is 0 Å². The zero-order chi connectivity index (χ0) is 20.7. The van der Waals surface area contributed by atoms with Gasteiger partial charge in [-0.25, -0.2) is 4.98 Å². The highest BCUT2D eigenvalue weighted by atomic mass is 35.5. The predicted octanol–water partition coefficient (Wildman–Crippen LogP) is 3.18. The van der Waals surface area contributed by atoms with Crippen LogP contribution in [-0.2, 0) is 0 Å². The van der Waals surface area contributed by atoms with Gasteiger partial charge in [-0.1, -0.05) is 11.6 Å². The molecule has 1 aliphatic heterocycles. The molecule has 0 atom stereocenters. The summed E-state index contributed by atoms with van der Waals surface area (Å²) in [5.41, 5.74) is 2.73. The third-order valence-electron chi connectivity index (χ3n) is 5.46. The van der Waals surface area contributed by atoms with Crippen LogP contribution in [0.5, 0.6) is 5.75 Å². The highest BCUT2D eigenvalue weighted by molar-refractivity contribution is 6.56. The van der Waals surface area contributed by atoms with E-state index in [2.05, 4.69) is 21.8 Å². The van der Waals surface area contributed by atoms with E-state index in [1.165, 1.54) is 0 Å². The molecule has 0 spiro atoms. The van der Waals surface area contributed by atoms with Crippen LogP contribution in [0.3, 0.4) is 0 Å². The van der Waals surface area contributed by atoms with E-state index in [9.17, 15) is 9.59 Å². The number of fused-ring (bicyclic) bond motifs is 1. The number of carbonyl (C=O) groups excluding carboxylic acids is 2. The third-order valence-corrected chi connectivity index (χ3v) is 5.82. The molecule has 1 saturated heterocycles. The maximum absolute atomic E-state index is 13.2. The molecule has 1 aliphatic carbocycles. The van der Waals surface area contributed by atoms with E-state index in [-0.39, 0.29) is 27.6 Å². The van der Waals surface area contributed by atoms with Crippen LogP contribution in [0.15, 0.2) is 35.4 Å². The van der Waals surface area contributed by atoms with Gasteiger partial charge in [-0.05, 0) is 38.2 Å². The number of Topliss-reactive ketones (excluding diaryl/α,β-unsaturated/α-hetero) is 2. The molecule has 0 N–H and O–H groups in total. The first-order valence-electron chi connectivity index (χ1n) is 9.49. The molecule has 0 amide bonds. The lowest BCUT2D eigenvalue weighted by molar-refractivity contribution is 0.0993. The van der Waals surface area contributed by atoms with Gasteiger partial charge in [-0.15, -0.1) is 0 Å². The molecule has 2 heterocycles. The monoisotopic (exact) mass is 411 g/mol. The summed E-state index contributed by atoms with van der Waals surface area (Å²) < 4.78 is 5.58. The van der Waals surface area contributed by atoms with Crippen molar-refractivity contribution >= 4 is 34.4 Å². The lowest BCUT2D eigenvalue weighted by Gasteiger charge is -2.34. The Morgan fingerprint density at radius 2 is 1.69 bits per heavy atom. The van der Waals surface area contributed by atoms with Crippen molar-refractivity contribution in [2.45, 2.75) is 6.92 Å². The number of nitrogens with zero attached hydrogens (tertiary/aromatic N) is 3. The molecule has 6 nitrogen and oxygen atoms in total. The van der Waals surface area contributed by atoms with Crippen LogP contribution in [0.2, 0.25) is 0 Å². The largest absolute Gasteiger partial charge is 0.496 e. The Labute approximate surface area is 174 Å². The number of halogens is 1. The zero-order valence-electron chi connectivity index (χ0n) is 16.7. The molecule has 7 heteroatoms. The minimum atomic E-state index is -0.440. The number of benzene rings is 1. The van der Waals surface area contributed by atoms with Crippen LogP contribution in [0.4, 0.5) is 5.69 Å². The van der Waals surface area contributed by atoms with Gasteiger partial charge in [0.25, 0.3) is 0 Å². The zero-order valence-corrected chi connectivity index (χ0v) is 17.4. The number of hydrogen-bond donors (Lipinski definition) is 0. The summed E-state index contributed by atoms with van der Waals surface area (Å²) in [7, 11) is 3.66. The molecule has 0 saturated carbocycles. The van der Waals surface area contributed by atoms with E-state index in [1.54, 1.807) is 26.2 Å². The van der Waals surface area contributed by atoms with E-state index in [4.69, 9.17) is 16.3 Å². The second kappa shape index (κ2) is 7.61. The first-order chi connectivity index (χ1) is 13.9. The Morgan fingerprint density at radius 1 is 1.00 bits per heavy atom. The van der Waals surface area contributed by atoms with Crippen LogP contribution in [0, 0.1) is 6.92 Å². The molecule has 0 unspecified atom stereocenters. The Bertz CT molecular complexity index is 1040. The number of ketones is 2. The van der Waals surface area contributed by atoms with Crippen molar-refractivity contribution in [1.82, 2.24) is 9.88 Å². The summed E-state index contributed by atoms with van der Waals surface area (Å²) in [4.78, 5) is 34.7. The van der Waals surface area contributed by atoms with E-state index < -0.39 is 5.78 Å². The summed E-state index contributed by atoms with van der Waals surface area (Å²) in [5, 5.41) is -0.119. The highest BCUT2D eigenvalue weighted by Gasteiger charge is 2.34. The lowest BCUT2D eigenvalue weighted by atomic mass is 9.88. The topological polar surface area (TPSA) is 62.7 Å². The molecular weight excluding hydrogens is 390 g/mol. The molecule has 1 aromatic carbocycles. The van der Waals surface area contributed by atoms with Gasteiger partial charge in [-0.3, -0.25) is 9.59 Å². The number of ether oxygens (including phenoxy) is 1. The maximum Gasteiger partial charge on any atom is 0.224 e. The van der Waals surface area contributed by atoms with Gasteiger partial charge in [-0.2, -0.15) is 0 Å². The van der Waals surface area contributed by atoms with Crippen molar-refractivity contribution in [2.24, 2.45) is 0 Å². The summed E-state index contributed by atoms with van der Waals surface area (Å²) >= 11 is 6.37. The molecule has 0 radical (unpaired) electrons. The number of aryl methyl sites for hydroxylation is 1. The highest BCUT2D eigenvalue weighted by Crippen LogP contribution is 2.39. The summed E-state index contributed by atoms with van der Waals surface area (Å²) in [6, 6.07) is 9.00. The molecule has 29 heavy (non-hydrogen) atoms. The number of carbonyl (C=O) groups is 2. The maximum atomic E-state index is 13.2. The number of likely N-dealkylation sites (N-methyl/N-ethyl adjacent to an activating group) is 1. The molecule has 1 aromatic heterocycles. The smallest absolute Gasteiger partial charge is 0.224 e. The van der Waals surface area contributed by atoms with Gasteiger partial charge in [0.05, 0.1) is 18.2 Å². The van der Waals surface area contributed by atoms with Gasteiger partial charge in [0.15, 0.2) is 5.78 Å². The van der Waals surface area contributed by atoms with E-state index in [0.29, 0.717) is 17.0 Å². The van der Waals surface area contributed by atoms with Crippen LogP contribution in [0.25, 0.3) is 5.57 Å². The Kier molecular flexibility index (Phi) is 5.15. The van der Waals surface area contributed by atoms with Crippen molar-refractivity contribution in [2.75, 3.05) is 45.2 Å². The molecule has 2 aromatic rings. The molecule has 2 aliphatic rings. The number of rotatable bonds is 3. The van der Waals surface area contributed by atoms with Crippen molar-refractivity contribution in [3.05, 3.63) is 57.9 Å². The van der Waals surface area contributed by atoms with Crippen molar-refractivity contribution in [1.29, 1.82) is 0 Å². The molecule has 150 valence electrons. The number of hydrogen-bond acceptors (Lipinski definition) is 6. The van der Waals surface area contributed by atoms with Crippen molar-refractivity contribution < 1.29 is 14.3 Å². The summed E-state index contributed by atoms with van der Waals surface area (Å²) in [6.45, 7) is 5.57. The standard InChI is InChI=1S/C22H22ClN3O3/c1-13-4-6-16-20(24-13)22(28)19(23)18(21(16)27)15-7-5-14(12-17(15)29-3)26-10-8-25(2)9-11-26/h4-7,12H,8-11H2,1-3H3. The van der Waals surface area contributed by atoms with E-state index in [1.807, 2.05) is 18.2 Å². The number of pyridine rings is 1. The first-order valence-corrected chi connectivity index (χ1v) is 9.87. The lowest BCUT2D eigenvalue weighted by Crippen LogP contribution is -2.44. The SMILES string of the molecule is COc1cc(N2CCN(C)CC2)ccc1C1=C(Cl)C(=O)c2nc(C)ccc2C1=O. The number of piperazine rings is 1. The van der Waals surface area contributed by atoms with Crippen LogP contribution in [0.1, 0.15) is 32.1 Å². The third kappa shape index (κ3) is 3.43. The van der Waals surface area contributed by atoms with Gasteiger partial charge in [0, 0.05) is 49.2 Å².